The summed E-state index contributed by atoms with van der Waals surface area (Å²) in [6.07, 6.45) is 3.81. The fraction of sp³-hybridized carbons (Fsp3) is 0.400. The molecule has 2 saturated heterocycles. The van der Waals surface area contributed by atoms with Crippen LogP contribution in [0.5, 0.6) is 11.8 Å². The molecule has 0 spiro atoms. The Labute approximate surface area is 168 Å². The number of carbonyl (C=O) groups is 2. The van der Waals surface area contributed by atoms with Crippen LogP contribution in [0.1, 0.15) is 6.42 Å². The van der Waals surface area contributed by atoms with Gasteiger partial charge in [0.25, 0.3) is 0 Å². The Bertz CT molecular complexity index is 878. The van der Waals surface area contributed by atoms with E-state index in [0.717, 1.165) is 0 Å². The highest BCUT2D eigenvalue weighted by molar-refractivity contribution is 5.97. The predicted molar refractivity (Wildman–Crippen MR) is 105 cm³/mol. The van der Waals surface area contributed by atoms with E-state index < -0.39 is 0 Å². The van der Waals surface area contributed by atoms with Crippen LogP contribution in [0, 0.1) is 0 Å². The lowest BCUT2D eigenvalue weighted by Crippen LogP contribution is -2.42. The van der Waals surface area contributed by atoms with Crippen molar-refractivity contribution in [1.82, 2.24) is 19.8 Å². The molecule has 2 fully saturated rings. The molecule has 3 amide bonds. The lowest BCUT2D eigenvalue weighted by Gasteiger charge is -2.22. The van der Waals surface area contributed by atoms with E-state index in [1.54, 1.807) is 40.3 Å². The molecule has 0 unspecified atom stereocenters. The second kappa shape index (κ2) is 8.34. The minimum absolute atomic E-state index is 0.0546. The second-order valence-corrected chi connectivity index (χ2v) is 6.93. The number of ether oxygens (including phenoxy) is 2. The van der Waals surface area contributed by atoms with Crippen LogP contribution in [-0.2, 0) is 4.79 Å². The fourth-order valence-corrected chi connectivity index (χ4v) is 3.62. The van der Waals surface area contributed by atoms with Crippen molar-refractivity contribution in [2.75, 3.05) is 44.7 Å². The summed E-state index contributed by atoms with van der Waals surface area (Å²) in [7, 11) is 1.58. The van der Waals surface area contributed by atoms with Crippen LogP contribution in [0.3, 0.4) is 0 Å². The average molecular weight is 397 g/mol. The van der Waals surface area contributed by atoms with E-state index in [4.69, 9.17) is 9.47 Å². The number of nitrogens with zero attached hydrogens (tertiary/aromatic N) is 5. The largest absolute Gasteiger partial charge is 0.495 e. The minimum atomic E-state index is -0.187. The topological polar surface area (TPSA) is 88.1 Å². The maximum absolute atomic E-state index is 12.8. The molecule has 0 saturated carbocycles. The van der Waals surface area contributed by atoms with Crippen molar-refractivity contribution in [1.29, 1.82) is 0 Å². The highest BCUT2D eigenvalue weighted by Crippen LogP contribution is 2.30. The summed E-state index contributed by atoms with van der Waals surface area (Å²) in [5, 5.41) is 0. The van der Waals surface area contributed by atoms with Gasteiger partial charge in [-0.2, -0.15) is 0 Å². The van der Waals surface area contributed by atoms with Gasteiger partial charge in [-0.3, -0.25) is 9.69 Å². The van der Waals surface area contributed by atoms with Gasteiger partial charge in [0.1, 0.15) is 18.4 Å². The van der Waals surface area contributed by atoms with Crippen molar-refractivity contribution < 1.29 is 19.1 Å². The van der Waals surface area contributed by atoms with E-state index in [1.807, 2.05) is 24.3 Å². The third kappa shape index (κ3) is 4.08. The average Bonchev–Trinajstić information content (AvgIpc) is 3.36. The maximum atomic E-state index is 12.8. The van der Waals surface area contributed by atoms with Crippen LogP contribution >= 0.6 is 0 Å². The Kier molecular flexibility index (Phi) is 5.46. The van der Waals surface area contributed by atoms with Crippen LogP contribution in [-0.4, -0.2) is 77.6 Å². The SMILES string of the molecule is COc1ccccc1N1CCN(CC(=O)N2CC[C@H](Oc3ncccn3)C2)C1=O. The number of benzene rings is 1. The first-order chi connectivity index (χ1) is 14.2. The van der Waals surface area contributed by atoms with Gasteiger partial charge >= 0.3 is 12.0 Å². The summed E-state index contributed by atoms with van der Waals surface area (Å²) in [6.45, 7) is 2.13. The molecule has 1 atom stereocenters. The summed E-state index contributed by atoms with van der Waals surface area (Å²) in [4.78, 5) is 38.6. The zero-order chi connectivity index (χ0) is 20.2. The molecule has 0 bridgehead atoms. The van der Waals surface area contributed by atoms with E-state index in [9.17, 15) is 9.59 Å². The number of urea groups is 1. The van der Waals surface area contributed by atoms with Gasteiger partial charge in [-0.05, 0) is 18.2 Å². The standard InChI is InChI=1S/C20H23N5O4/c1-28-17-6-3-2-5-16(17)25-12-11-24(20(25)27)14-18(26)23-10-7-15(13-23)29-19-21-8-4-9-22-19/h2-6,8-9,15H,7,10-14H2,1H3/t15-/m0/s1. The number of anilines is 1. The minimum Gasteiger partial charge on any atom is -0.495 e. The summed E-state index contributed by atoms with van der Waals surface area (Å²) < 4.78 is 11.1. The highest BCUT2D eigenvalue weighted by atomic mass is 16.5. The fourth-order valence-electron chi connectivity index (χ4n) is 3.62. The number of rotatable bonds is 6. The van der Waals surface area contributed by atoms with Crippen LogP contribution in [0.15, 0.2) is 42.7 Å². The van der Waals surface area contributed by atoms with Crippen molar-refractivity contribution in [2.45, 2.75) is 12.5 Å². The van der Waals surface area contributed by atoms with Crippen molar-refractivity contribution in [3.05, 3.63) is 42.7 Å². The molecule has 1 aromatic heterocycles. The van der Waals surface area contributed by atoms with E-state index in [1.165, 1.54) is 0 Å². The molecule has 152 valence electrons. The lowest BCUT2D eigenvalue weighted by molar-refractivity contribution is -0.130. The van der Waals surface area contributed by atoms with E-state index in [0.29, 0.717) is 50.0 Å². The third-order valence-electron chi connectivity index (χ3n) is 5.11. The van der Waals surface area contributed by atoms with E-state index in [2.05, 4.69) is 9.97 Å². The number of amides is 3. The molecule has 2 aliphatic rings. The molecule has 2 aliphatic heterocycles. The molecule has 1 aromatic carbocycles. The predicted octanol–water partition coefficient (Wildman–Crippen LogP) is 1.41. The molecule has 9 heteroatoms. The first-order valence-corrected chi connectivity index (χ1v) is 9.56. The van der Waals surface area contributed by atoms with Gasteiger partial charge in [-0.25, -0.2) is 14.8 Å². The van der Waals surface area contributed by atoms with Crippen LogP contribution in [0.25, 0.3) is 0 Å². The molecule has 0 radical (unpaired) electrons. The Hall–Kier alpha value is -3.36. The van der Waals surface area contributed by atoms with Crippen LogP contribution in [0.4, 0.5) is 10.5 Å². The van der Waals surface area contributed by atoms with Crippen LogP contribution in [0.2, 0.25) is 0 Å². The molecule has 29 heavy (non-hydrogen) atoms. The van der Waals surface area contributed by atoms with Gasteiger partial charge in [0.05, 0.1) is 19.3 Å². The Morgan fingerprint density at radius 3 is 2.72 bits per heavy atom. The number of carbonyl (C=O) groups excluding carboxylic acids is 2. The summed E-state index contributed by atoms with van der Waals surface area (Å²) >= 11 is 0. The van der Waals surface area contributed by atoms with Crippen LogP contribution < -0.4 is 14.4 Å². The monoisotopic (exact) mass is 397 g/mol. The van der Waals surface area contributed by atoms with Gasteiger partial charge in [-0.15, -0.1) is 0 Å². The van der Waals surface area contributed by atoms with Crippen molar-refractivity contribution in [3.8, 4) is 11.8 Å². The zero-order valence-corrected chi connectivity index (χ0v) is 16.2. The van der Waals surface area contributed by atoms with Gasteiger partial charge in [0.2, 0.25) is 5.91 Å². The molecular weight excluding hydrogens is 374 g/mol. The smallest absolute Gasteiger partial charge is 0.325 e. The van der Waals surface area contributed by atoms with Gasteiger partial charge in [0, 0.05) is 38.4 Å². The lowest BCUT2D eigenvalue weighted by atomic mass is 10.2. The van der Waals surface area contributed by atoms with E-state index >= 15 is 0 Å². The number of para-hydroxylation sites is 2. The second-order valence-electron chi connectivity index (χ2n) is 6.93. The highest BCUT2D eigenvalue weighted by Gasteiger charge is 2.35. The van der Waals surface area contributed by atoms with Gasteiger partial charge < -0.3 is 19.3 Å². The molecule has 3 heterocycles. The Morgan fingerprint density at radius 2 is 1.93 bits per heavy atom. The summed E-state index contributed by atoms with van der Waals surface area (Å²) in [6, 6.07) is 9.23. The quantitative estimate of drug-likeness (QED) is 0.732. The number of hydrogen-bond acceptors (Lipinski definition) is 6. The van der Waals surface area contributed by atoms with Crippen molar-refractivity contribution in [3.63, 3.8) is 0 Å². The van der Waals surface area contributed by atoms with Crippen molar-refractivity contribution in [2.24, 2.45) is 0 Å². The Morgan fingerprint density at radius 1 is 1.14 bits per heavy atom. The number of hydrogen-bond donors (Lipinski definition) is 0. The summed E-state index contributed by atoms with van der Waals surface area (Å²) in [5.74, 6) is 0.553. The number of aromatic nitrogens is 2. The van der Waals surface area contributed by atoms with Crippen molar-refractivity contribution >= 4 is 17.6 Å². The maximum Gasteiger partial charge on any atom is 0.325 e. The normalized spacial score (nSPS) is 19.0. The third-order valence-corrected chi connectivity index (χ3v) is 5.11. The van der Waals surface area contributed by atoms with Gasteiger partial charge in [-0.1, -0.05) is 12.1 Å². The molecule has 9 nitrogen and oxygen atoms in total. The first kappa shape index (κ1) is 19.0. The van der Waals surface area contributed by atoms with E-state index in [-0.39, 0.29) is 24.6 Å². The van der Waals surface area contributed by atoms with Gasteiger partial charge in [0.15, 0.2) is 0 Å². The Balaban J connectivity index is 1.33. The zero-order valence-electron chi connectivity index (χ0n) is 16.2. The molecule has 0 aliphatic carbocycles. The number of likely N-dealkylation sites (tertiary alicyclic amines) is 1. The number of methoxy groups -OCH3 is 1. The molecule has 4 rings (SSSR count). The molecular formula is C20H23N5O4. The molecule has 2 aromatic rings. The summed E-state index contributed by atoms with van der Waals surface area (Å²) in [5.41, 5.74) is 0.715. The molecule has 0 N–H and O–H groups in total. The first-order valence-electron chi connectivity index (χ1n) is 9.56.